The molecule has 5 heterocycles. The molecule has 0 bridgehead atoms. The van der Waals surface area contributed by atoms with Gasteiger partial charge < -0.3 is 51.6 Å². The molecule has 82 heavy (non-hydrogen) atoms. The summed E-state index contributed by atoms with van der Waals surface area (Å²) in [6.45, 7) is 3.72. The molecule has 2 aromatic heterocycles. The minimum Gasteiger partial charge on any atom is -0.370 e. The molecule has 0 radical (unpaired) electrons. The van der Waals surface area contributed by atoms with E-state index in [-0.39, 0.29) is 83.9 Å². The molecule has 7 amide bonds. The molecule has 3 saturated heterocycles. The maximum atomic E-state index is 15.1. The van der Waals surface area contributed by atoms with Gasteiger partial charge in [-0.15, -0.1) is 0 Å². The molecule has 4 aliphatic rings. The minimum absolute atomic E-state index is 0.0518. The fourth-order valence-corrected chi connectivity index (χ4v) is 13.0. The number of aromatic nitrogens is 3. The summed E-state index contributed by atoms with van der Waals surface area (Å²) in [7, 11) is -6.91. The van der Waals surface area contributed by atoms with Gasteiger partial charge in [-0.05, 0) is 143 Å². The summed E-state index contributed by atoms with van der Waals surface area (Å²) in [4.78, 5) is 148. The number of carbonyl (C=O) groups excluding carboxylic acids is 8. The van der Waals surface area contributed by atoms with Crippen molar-refractivity contribution in [1.82, 2.24) is 45.2 Å². The number of hydrogen-bond donors (Lipinski definition) is 8. The first-order valence-corrected chi connectivity index (χ1v) is 30.8. The third-order valence-corrected chi connectivity index (χ3v) is 18.4. The zero-order chi connectivity index (χ0) is 58.9. The number of amides is 7. The number of H-pyrrole nitrogens is 1. The van der Waals surface area contributed by atoms with Crippen LogP contribution < -0.4 is 32.7 Å². The number of hydrogen-bond acceptors (Lipinski definition) is 12. The molecule has 9 rings (SSSR count). The number of carbonyl (C=O) groups is 8. The number of imidazole rings is 1. The fraction of sp³-hybridized carbons (Fsp3) is 0.446. The van der Waals surface area contributed by atoms with E-state index in [1.165, 1.54) is 53.4 Å². The number of nitrogens with one attached hydrogen (secondary N) is 5. The molecule has 9 N–H and O–H groups in total. The van der Waals surface area contributed by atoms with Crippen molar-refractivity contribution < 1.29 is 61.1 Å². The van der Waals surface area contributed by atoms with E-state index in [1.807, 2.05) is 18.2 Å². The van der Waals surface area contributed by atoms with Gasteiger partial charge in [0.1, 0.15) is 29.9 Å². The normalized spacial score (nSPS) is 22.0. The zero-order valence-electron chi connectivity index (χ0n) is 45.4. The molecular formula is C56H67N10O14PS. The van der Waals surface area contributed by atoms with Crippen molar-refractivity contribution in [3.63, 3.8) is 0 Å². The van der Waals surface area contributed by atoms with Crippen LogP contribution in [0.4, 0.5) is 0 Å². The van der Waals surface area contributed by atoms with Gasteiger partial charge in [-0.3, -0.25) is 52.1 Å². The van der Waals surface area contributed by atoms with Crippen molar-refractivity contribution in [2.45, 2.75) is 125 Å². The van der Waals surface area contributed by atoms with E-state index >= 15 is 4.79 Å². The van der Waals surface area contributed by atoms with Crippen molar-refractivity contribution >= 4 is 86.2 Å². The molecule has 1 saturated carbocycles. The lowest BCUT2D eigenvalue weighted by atomic mass is 9.79. The Kier molecular flexibility index (Phi) is 17.2. The summed E-state index contributed by atoms with van der Waals surface area (Å²) in [5.74, 6) is -4.08. The van der Waals surface area contributed by atoms with Gasteiger partial charge in [-0.1, -0.05) is 24.8 Å². The van der Waals surface area contributed by atoms with Crippen molar-refractivity contribution in [3.8, 4) is 0 Å². The summed E-state index contributed by atoms with van der Waals surface area (Å²) in [6, 6.07) is 11.8. The number of primary amides is 1. The minimum atomic E-state index is -5.13. The number of rotatable bonds is 18. The third kappa shape index (κ3) is 13.0. The second kappa shape index (κ2) is 24.0. The Balaban J connectivity index is 0.891. The molecule has 0 spiro atoms. The molecule has 24 nitrogen and oxygen atoms in total. The summed E-state index contributed by atoms with van der Waals surface area (Å²) in [5.41, 5.74) is 7.36. The predicted molar refractivity (Wildman–Crippen MR) is 299 cm³/mol. The van der Waals surface area contributed by atoms with Gasteiger partial charge in [-0.25, -0.2) is 13.2 Å². The van der Waals surface area contributed by atoms with Crippen molar-refractivity contribution in [2.75, 3.05) is 19.3 Å². The van der Waals surface area contributed by atoms with E-state index in [1.54, 1.807) is 21.1 Å². The molecule has 5 aromatic rings. The maximum Gasteiger partial charge on any atom is 0.396 e. The largest absolute Gasteiger partial charge is 0.396 e. The Labute approximate surface area is 471 Å². The Morgan fingerprint density at radius 1 is 0.878 bits per heavy atom. The molecule has 436 valence electrons. The van der Waals surface area contributed by atoms with Crippen LogP contribution in [0.2, 0.25) is 0 Å². The smallest absolute Gasteiger partial charge is 0.370 e. The highest BCUT2D eigenvalue weighted by atomic mass is 32.2. The number of aryl methyl sites for hydroxylation is 2. The number of allylic oxidation sites excluding steroid dienone is 1. The van der Waals surface area contributed by atoms with Crippen molar-refractivity contribution in [2.24, 2.45) is 24.6 Å². The van der Waals surface area contributed by atoms with Crippen LogP contribution in [-0.2, 0) is 63.2 Å². The molecule has 3 aromatic carbocycles. The zero-order valence-corrected chi connectivity index (χ0v) is 47.1. The lowest BCUT2D eigenvalue weighted by Crippen LogP contribution is -2.62. The number of aromatic amines is 1. The molecule has 1 unspecified atom stereocenters. The topological polar surface area (TPSA) is 352 Å². The van der Waals surface area contributed by atoms with Crippen LogP contribution in [0.3, 0.4) is 0 Å². The SMILES string of the molecule is C=C1CCC(n2c(=O)n(C)c3cc(CCC4CCC(C(=O)N5CC[C@H]6CC[C@@H](C(=O)N[C@@H](CCC(N)=O)C(=O)NCc7ccc(S(C)(=O)=O)cc7)N6C(=O)[C@@H](NC(=O)c6cc7cc(C(=O)P(=O)(O)O)ccc7[nH]6)C5)CC4)ccc32)C(=O)N1. The Morgan fingerprint density at radius 2 is 1.60 bits per heavy atom. The van der Waals surface area contributed by atoms with E-state index < -0.39 is 82.7 Å². The molecular weight excluding hydrogens is 1100 g/mol. The quantitative estimate of drug-likeness (QED) is 0.0585. The number of nitrogens with two attached hydrogens (primary N) is 1. The van der Waals surface area contributed by atoms with Crippen molar-refractivity contribution in [1.29, 1.82) is 0 Å². The Morgan fingerprint density at radius 3 is 2.28 bits per heavy atom. The van der Waals surface area contributed by atoms with E-state index in [9.17, 15) is 61.1 Å². The van der Waals surface area contributed by atoms with E-state index in [0.29, 0.717) is 66.7 Å². The van der Waals surface area contributed by atoms with Crippen LogP contribution in [0, 0.1) is 11.8 Å². The van der Waals surface area contributed by atoms with Gasteiger partial charge in [0.2, 0.25) is 35.4 Å². The molecule has 26 heteroatoms. The first-order valence-electron chi connectivity index (χ1n) is 27.3. The van der Waals surface area contributed by atoms with Crippen LogP contribution in [0.5, 0.6) is 0 Å². The number of fused-ring (bicyclic) bond motifs is 3. The summed E-state index contributed by atoms with van der Waals surface area (Å²) >= 11 is 0. The van der Waals surface area contributed by atoms with Crippen LogP contribution in [0.15, 0.2) is 88.7 Å². The molecule has 1 aliphatic carbocycles. The Bertz CT molecular complexity index is 3630. The van der Waals surface area contributed by atoms with Gasteiger partial charge in [-0.2, -0.15) is 0 Å². The average molecular weight is 1170 g/mol. The molecule has 4 fully saturated rings. The van der Waals surface area contributed by atoms with Gasteiger partial charge in [0.15, 0.2) is 9.84 Å². The van der Waals surface area contributed by atoms with Crippen molar-refractivity contribution in [3.05, 3.63) is 112 Å². The number of benzene rings is 3. The highest BCUT2D eigenvalue weighted by Gasteiger charge is 2.47. The highest BCUT2D eigenvalue weighted by molar-refractivity contribution is 7.90. The molecule has 3 aliphatic heterocycles. The standard InChI is InChI=1S/C56H67N10O14PS/c1-31-4-20-46(51(70)59-31)66-44-21-11-33(26-47(44)63(2)56(66)75)6-5-32-7-12-35(13-8-32)53(72)64-25-24-38-15-22-45(52(71)61-41(19-23-48(57)67)49(68)58-29-34-9-16-39(17-10-34)82(3,79)80)65(38)54(73)43(30-64)62-50(69)42-28-37-27-36(14-18-40(37)60-42)55(74)81(76,77)78/h9-11,14,16-18,21,26-28,32,35,38,41,43,45-46,60H,1,4-8,12-13,15,19-20,22-25,29-30H2,2-3H3,(H2,57,67)(H,58,68)(H,59,70)(H,61,71)(H,62,69)(H2,76,77,78)/t32?,35?,38-,41+,43+,45+,46?/m1/s1. The van der Waals surface area contributed by atoms with E-state index in [2.05, 4.69) is 32.8 Å². The van der Waals surface area contributed by atoms with Gasteiger partial charge in [0.05, 0.1) is 15.9 Å². The number of sulfone groups is 1. The summed E-state index contributed by atoms with van der Waals surface area (Å²) < 4.78 is 38.8. The Hall–Kier alpha value is -7.73. The summed E-state index contributed by atoms with van der Waals surface area (Å²) in [6.07, 6.45) is 6.68. The lowest BCUT2D eigenvalue weighted by Gasteiger charge is -2.40. The summed E-state index contributed by atoms with van der Waals surface area (Å²) in [5, 5.41) is 11.2. The average Bonchev–Trinajstić information content (AvgIpc) is 3.34. The number of nitrogens with zero attached hydrogens (tertiary/aromatic N) is 4. The maximum absolute atomic E-state index is 15.1. The first-order chi connectivity index (χ1) is 38.8. The van der Waals surface area contributed by atoms with E-state index in [0.717, 1.165) is 43.0 Å². The van der Waals surface area contributed by atoms with E-state index in [4.69, 9.17) is 5.73 Å². The second-order valence-corrected chi connectivity index (χ2v) is 25.6. The second-order valence-electron chi connectivity index (χ2n) is 22.1. The van der Waals surface area contributed by atoms with Gasteiger partial charge in [0.25, 0.3) is 11.4 Å². The first kappa shape index (κ1) is 58.9. The highest BCUT2D eigenvalue weighted by Crippen LogP contribution is 2.40. The fourth-order valence-electron chi connectivity index (χ4n) is 11.9. The van der Waals surface area contributed by atoms with Gasteiger partial charge >= 0.3 is 13.3 Å². The van der Waals surface area contributed by atoms with Crippen LogP contribution in [0.25, 0.3) is 21.9 Å². The third-order valence-electron chi connectivity index (χ3n) is 16.4. The van der Waals surface area contributed by atoms with Gasteiger partial charge in [0, 0.05) is 73.5 Å². The van der Waals surface area contributed by atoms with Crippen LogP contribution in [-0.4, -0.2) is 133 Å². The predicted octanol–water partition coefficient (Wildman–Crippen LogP) is 2.70. The molecule has 5 atom stereocenters. The lowest BCUT2D eigenvalue weighted by molar-refractivity contribution is -0.147. The number of piperidine rings is 1. The monoisotopic (exact) mass is 1170 g/mol. The van der Waals surface area contributed by atoms with Crippen LogP contribution in [0.1, 0.15) is 115 Å². The van der Waals surface area contributed by atoms with Crippen LogP contribution >= 0.6 is 7.60 Å².